The number of ketones is 1. The number of pyridine rings is 1. The van der Waals surface area contributed by atoms with E-state index in [1.165, 1.54) is 16.1 Å². The molecule has 212 valence electrons. The molecule has 41 heavy (non-hydrogen) atoms. The Bertz CT molecular complexity index is 1500. The van der Waals surface area contributed by atoms with Crippen molar-refractivity contribution in [1.82, 2.24) is 19.1 Å². The first-order chi connectivity index (χ1) is 19.8. The van der Waals surface area contributed by atoms with Gasteiger partial charge in [-0.1, -0.05) is 30.3 Å². The number of hydrogen-bond donors (Lipinski definition) is 0. The first-order valence-corrected chi connectivity index (χ1v) is 15.3. The Kier molecular flexibility index (Phi) is 8.88. The summed E-state index contributed by atoms with van der Waals surface area (Å²) in [5.74, 6) is 0.0588. The predicted octanol–water partition coefficient (Wildman–Crippen LogP) is 3.58. The minimum Gasteiger partial charge on any atom is -0.336 e. The molecule has 0 spiro atoms. The van der Waals surface area contributed by atoms with Gasteiger partial charge in [0.25, 0.3) is 5.91 Å². The van der Waals surface area contributed by atoms with Gasteiger partial charge in [-0.15, -0.1) is 0 Å². The second kappa shape index (κ2) is 12.7. The molecule has 9 nitrogen and oxygen atoms in total. The van der Waals surface area contributed by atoms with Crippen LogP contribution in [0.2, 0.25) is 0 Å². The second-order valence-electron chi connectivity index (χ2n) is 10.6. The van der Waals surface area contributed by atoms with Crippen molar-refractivity contribution in [3.8, 4) is 6.07 Å². The van der Waals surface area contributed by atoms with Crippen LogP contribution in [0, 0.1) is 17.2 Å². The van der Waals surface area contributed by atoms with Gasteiger partial charge < -0.3 is 4.90 Å². The number of piperidine rings is 1. The zero-order chi connectivity index (χ0) is 28.8. The Morgan fingerprint density at radius 1 is 0.878 bits per heavy atom. The minimum absolute atomic E-state index is 0.0192. The van der Waals surface area contributed by atoms with Crippen molar-refractivity contribution in [3.63, 3.8) is 0 Å². The highest BCUT2D eigenvalue weighted by Gasteiger charge is 2.30. The number of nitriles is 1. The molecule has 2 saturated heterocycles. The number of piperazine rings is 1. The fourth-order valence-corrected chi connectivity index (χ4v) is 6.84. The summed E-state index contributed by atoms with van der Waals surface area (Å²) < 4.78 is 27.1. The van der Waals surface area contributed by atoms with Crippen molar-refractivity contribution in [2.75, 3.05) is 39.3 Å². The summed E-state index contributed by atoms with van der Waals surface area (Å²) in [6, 6.07) is 21.4. The first-order valence-electron chi connectivity index (χ1n) is 13.9. The van der Waals surface area contributed by atoms with Gasteiger partial charge in [0.1, 0.15) is 5.69 Å². The summed E-state index contributed by atoms with van der Waals surface area (Å²) in [6.45, 7) is 3.68. The van der Waals surface area contributed by atoms with Crippen LogP contribution in [0.5, 0.6) is 0 Å². The van der Waals surface area contributed by atoms with E-state index in [9.17, 15) is 18.0 Å². The average molecular weight is 572 g/mol. The van der Waals surface area contributed by atoms with Gasteiger partial charge in [-0.2, -0.15) is 9.57 Å². The maximum absolute atomic E-state index is 13.0. The van der Waals surface area contributed by atoms with E-state index in [-0.39, 0.29) is 42.8 Å². The molecule has 2 aliphatic rings. The summed E-state index contributed by atoms with van der Waals surface area (Å²) in [7, 11) is -3.59. The minimum atomic E-state index is -3.59. The number of sulfonamides is 1. The number of carbonyl (C=O) groups is 2. The van der Waals surface area contributed by atoms with E-state index in [0.29, 0.717) is 29.2 Å². The number of Topliss-reactive ketones (excluding diaryl/α,β-unsaturated/α-hetero) is 1. The van der Waals surface area contributed by atoms with Crippen LogP contribution in [-0.2, 0) is 16.6 Å². The van der Waals surface area contributed by atoms with Crippen LogP contribution in [0.3, 0.4) is 0 Å². The third kappa shape index (κ3) is 6.88. The van der Waals surface area contributed by atoms with Gasteiger partial charge in [-0.3, -0.25) is 19.5 Å². The van der Waals surface area contributed by atoms with E-state index in [1.807, 2.05) is 24.3 Å². The molecule has 3 aromatic rings. The Morgan fingerprint density at radius 3 is 2.17 bits per heavy atom. The van der Waals surface area contributed by atoms with Crippen molar-refractivity contribution in [2.24, 2.45) is 5.92 Å². The number of likely N-dealkylation sites (tertiary alicyclic amines) is 1. The van der Waals surface area contributed by atoms with Crippen molar-refractivity contribution in [2.45, 2.75) is 30.7 Å². The lowest BCUT2D eigenvalue weighted by atomic mass is 9.90. The highest BCUT2D eigenvalue weighted by Crippen LogP contribution is 2.24. The van der Waals surface area contributed by atoms with E-state index in [0.717, 1.165) is 32.5 Å². The number of benzene rings is 2. The Morgan fingerprint density at radius 2 is 1.56 bits per heavy atom. The summed E-state index contributed by atoms with van der Waals surface area (Å²) in [5.41, 5.74) is 2.58. The molecule has 10 heteroatoms. The topological polar surface area (TPSA) is 115 Å². The summed E-state index contributed by atoms with van der Waals surface area (Å²) >= 11 is 0. The van der Waals surface area contributed by atoms with Crippen LogP contribution in [0.15, 0.2) is 77.8 Å². The van der Waals surface area contributed by atoms with Crippen molar-refractivity contribution in [3.05, 3.63) is 95.3 Å². The van der Waals surface area contributed by atoms with Gasteiger partial charge in [0.2, 0.25) is 10.0 Å². The van der Waals surface area contributed by atoms with Gasteiger partial charge in [-0.25, -0.2) is 8.42 Å². The molecule has 0 radical (unpaired) electrons. The van der Waals surface area contributed by atoms with Crippen LogP contribution >= 0.6 is 0 Å². The van der Waals surface area contributed by atoms with Crippen LogP contribution in [-0.4, -0.2) is 78.5 Å². The molecule has 3 heterocycles. The third-order valence-electron chi connectivity index (χ3n) is 7.87. The summed E-state index contributed by atoms with van der Waals surface area (Å²) in [5, 5.41) is 8.96. The van der Waals surface area contributed by atoms with Crippen LogP contribution in [0.25, 0.3) is 0 Å². The average Bonchev–Trinajstić information content (AvgIpc) is 3.02. The van der Waals surface area contributed by atoms with Gasteiger partial charge in [-0.05, 0) is 73.8 Å². The number of rotatable bonds is 8. The molecule has 0 saturated carbocycles. The zero-order valence-corrected chi connectivity index (χ0v) is 23.7. The molecule has 0 atom stereocenters. The van der Waals surface area contributed by atoms with Crippen LogP contribution in [0.1, 0.15) is 51.2 Å². The predicted molar refractivity (Wildman–Crippen MR) is 153 cm³/mol. The van der Waals surface area contributed by atoms with E-state index in [4.69, 9.17) is 5.26 Å². The molecular weight excluding hydrogens is 538 g/mol. The maximum atomic E-state index is 13.0. The molecular formula is C31H33N5O4S. The van der Waals surface area contributed by atoms with Gasteiger partial charge in [0.05, 0.1) is 22.1 Å². The van der Waals surface area contributed by atoms with Crippen LogP contribution < -0.4 is 0 Å². The fraction of sp³-hybridized carbons (Fsp3) is 0.355. The molecule has 2 fully saturated rings. The SMILES string of the molecule is N#Cc1ccc(CN2CCC(CC(=O)c3ccc(C(=O)N4CCN(S(=O)(=O)c5ccccc5)CC4)cn3)CC2)cc1. The third-order valence-corrected chi connectivity index (χ3v) is 9.79. The van der Waals surface area contributed by atoms with Crippen molar-refractivity contribution in [1.29, 1.82) is 5.26 Å². The number of aromatic nitrogens is 1. The fourth-order valence-electron chi connectivity index (χ4n) is 5.40. The molecule has 0 bridgehead atoms. The largest absolute Gasteiger partial charge is 0.336 e. The van der Waals surface area contributed by atoms with Gasteiger partial charge >= 0.3 is 0 Å². The molecule has 1 amide bonds. The van der Waals surface area contributed by atoms with Gasteiger partial charge in [0.15, 0.2) is 5.78 Å². The summed E-state index contributed by atoms with van der Waals surface area (Å²) in [6.07, 6.45) is 3.75. The maximum Gasteiger partial charge on any atom is 0.255 e. The highest BCUT2D eigenvalue weighted by atomic mass is 32.2. The molecule has 2 aliphatic heterocycles. The molecule has 5 rings (SSSR count). The molecule has 2 aromatic carbocycles. The molecule has 0 N–H and O–H groups in total. The lowest BCUT2D eigenvalue weighted by Crippen LogP contribution is -2.50. The number of hydrogen-bond acceptors (Lipinski definition) is 7. The van der Waals surface area contributed by atoms with E-state index >= 15 is 0 Å². The lowest BCUT2D eigenvalue weighted by Gasteiger charge is -2.34. The highest BCUT2D eigenvalue weighted by molar-refractivity contribution is 7.89. The molecule has 0 unspecified atom stereocenters. The standard InChI is InChI=1S/C31H33N5O4S/c32-21-25-6-8-26(9-7-25)23-34-14-12-24(13-15-34)20-30(37)29-11-10-27(22-33-29)31(38)35-16-18-36(19-17-35)41(39,40)28-4-2-1-3-5-28/h1-11,22,24H,12-20,23H2. The van der Waals surface area contributed by atoms with Crippen molar-refractivity contribution >= 4 is 21.7 Å². The lowest BCUT2D eigenvalue weighted by molar-refractivity contribution is 0.0697. The number of carbonyl (C=O) groups excluding carboxylic acids is 2. The quantitative estimate of drug-likeness (QED) is 0.380. The smallest absolute Gasteiger partial charge is 0.255 e. The first kappa shape index (κ1) is 28.6. The van der Waals surface area contributed by atoms with E-state index in [2.05, 4.69) is 16.0 Å². The Balaban J connectivity index is 1.08. The number of amides is 1. The van der Waals surface area contributed by atoms with E-state index < -0.39 is 10.0 Å². The van der Waals surface area contributed by atoms with E-state index in [1.54, 1.807) is 47.4 Å². The monoisotopic (exact) mass is 571 g/mol. The van der Waals surface area contributed by atoms with Crippen molar-refractivity contribution < 1.29 is 18.0 Å². The zero-order valence-electron chi connectivity index (χ0n) is 22.9. The number of nitrogens with zero attached hydrogens (tertiary/aromatic N) is 5. The Hall–Kier alpha value is -3.91. The molecule has 1 aromatic heterocycles. The normalized spacial score (nSPS) is 17.2. The second-order valence-corrected chi connectivity index (χ2v) is 12.5. The van der Waals surface area contributed by atoms with Gasteiger partial charge in [0, 0.05) is 45.3 Å². The molecule has 0 aliphatic carbocycles. The van der Waals surface area contributed by atoms with Crippen LogP contribution in [0.4, 0.5) is 0 Å². The Labute approximate surface area is 241 Å². The summed E-state index contributed by atoms with van der Waals surface area (Å²) in [4.78, 5) is 34.5.